The van der Waals surface area contributed by atoms with Crippen LogP contribution in [-0.4, -0.2) is 12.6 Å². The molecule has 0 amide bonds. The summed E-state index contributed by atoms with van der Waals surface area (Å²) in [4.78, 5) is 0. The third-order valence-electron chi connectivity index (χ3n) is 2.09. The summed E-state index contributed by atoms with van der Waals surface area (Å²) < 4.78 is 0. The van der Waals surface area contributed by atoms with Gasteiger partial charge >= 0.3 is 0 Å². The summed E-state index contributed by atoms with van der Waals surface area (Å²) in [6.45, 7) is 2.91. The van der Waals surface area contributed by atoms with Gasteiger partial charge in [0.05, 0.1) is 0 Å². The molecule has 0 aromatic heterocycles. The van der Waals surface area contributed by atoms with E-state index in [1.54, 1.807) is 0 Å². The minimum Gasteiger partial charge on any atom is -0.310 e. The third-order valence-corrected chi connectivity index (χ3v) is 2.09. The first-order chi connectivity index (χ1) is 5.93. The molecule has 0 fully saturated rings. The second-order valence-electron chi connectivity index (χ2n) is 3.10. The van der Waals surface area contributed by atoms with Gasteiger partial charge in [0, 0.05) is 19.0 Å². The number of hydrogen-bond acceptors (Lipinski definition) is 1. The van der Waals surface area contributed by atoms with Gasteiger partial charge in [0.2, 0.25) is 0 Å². The predicted octanol–water partition coefficient (Wildman–Crippen LogP) is 2.10. The molecule has 1 rings (SSSR count). The number of rotatable bonds is 3. The van der Waals surface area contributed by atoms with Crippen molar-refractivity contribution in [1.82, 2.24) is 5.32 Å². The third kappa shape index (κ3) is 3.59. The second-order valence-corrected chi connectivity index (χ2v) is 3.10. The van der Waals surface area contributed by atoms with Gasteiger partial charge in [-0.15, -0.1) is 11.8 Å². The number of nitrogens with one attached hydrogen (secondary N) is 1. The fourth-order valence-electron chi connectivity index (χ4n) is 1.43. The molecule has 1 nitrogen and oxygen atoms in total. The van der Waals surface area contributed by atoms with E-state index in [0.29, 0.717) is 6.04 Å². The molecule has 0 radical (unpaired) electrons. The predicted molar refractivity (Wildman–Crippen MR) is 52.8 cm³/mol. The largest absolute Gasteiger partial charge is 0.310 e. The van der Waals surface area contributed by atoms with Crippen molar-refractivity contribution in [1.29, 1.82) is 0 Å². The summed E-state index contributed by atoms with van der Waals surface area (Å²) in [5.41, 5.74) is 0. The molecule has 0 spiro atoms. The first-order valence-electron chi connectivity index (χ1n) is 4.73. The van der Waals surface area contributed by atoms with E-state index in [4.69, 9.17) is 0 Å². The van der Waals surface area contributed by atoms with Gasteiger partial charge in [-0.1, -0.05) is 12.2 Å². The average Bonchev–Trinajstić information content (AvgIpc) is 2.14. The lowest BCUT2D eigenvalue weighted by atomic mass is 10.0. The molecule has 66 valence electrons. The number of hydrogen-bond donors (Lipinski definition) is 1. The van der Waals surface area contributed by atoms with E-state index in [1.165, 1.54) is 19.3 Å². The SMILES string of the molecule is CC#CCCNC1C=CCCC1. The summed E-state index contributed by atoms with van der Waals surface area (Å²) in [6, 6.07) is 0.609. The van der Waals surface area contributed by atoms with Crippen LogP contribution in [0.15, 0.2) is 12.2 Å². The van der Waals surface area contributed by atoms with Crippen LogP contribution in [0.4, 0.5) is 0 Å². The lowest BCUT2D eigenvalue weighted by Gasteiger charge is -2.16. The highest BCUT2D eigenvalue weighted by molar-refractivity contribution is 4.99. The van der Waals surface area contributed by atoms with E-state index in [-0.39, 0.29) is 0 Å². The Morgan fingerprint density at radius 1 is 1.58 bits per heavy atom. The Balaban J connectivity index is 2.08. The fourth-order valence-corrected chi connectivity index (χ4v) is 1.43. The van der Waals surface area contributed by atoms with Crippen LogP contribution in [0.2, 0.25) is 0 Å². The van der Waals surface area contributed by atoms with Crippen molar-refractivity contribution in [2.24, 2.45) is 0 Å². The Morgan fingerprint density at radius 2 is 2.50 bits per heavy atom. The summed E-state index contributed by atoms with van der Waals surface area (Å²) in [6.07, 6.45) is 9.40. The maximum atomic E-state index is 3.47. The molecule has 0 aromatic carbocycles. The molecule has 1 atom stereocenters. The Morgan fingerprint density at radius 3 is 3.17 bits per heavy atom. The lowest BCUT2D eigenvalue weighted by molar-refractivity contribution is 0.529. The van der Waals surface area contributed by atoms with Crippen LogP contribution in [0.25, 0.3) is 0 Å². The standard InChI is InChI=1S/C11H17N/c1-2-3-7-10-12-11-8-5-4-6-9-11/h5,8,11-12H,4,6-7,9-10H2,1H3. The van der Waals surface area contributed by atoms with Gasteiger partial charge in [-0.05, 0) is 26.2 Å². The van der Waals surface area contributed by atoms with Crippen molar-refractivity contribution in [3.63, 3.8) is 0 Å². The quantitative estimate of drug-likeness (QED) is 0.381. The van der Waals surface area contributed by atoms with Crippen molar-refractivity contribution in [2.75, 3.05) is 6.54 Å². The maximum Gasteiger partial charge on any atom is 0.0250 e. The van der Waals surface area contributed by atoms with Gasteiger partial charge in [0.15, 0.2) is 0 Å². The zero-order valence-corrected chi connectivity index (χ0v) is 7.77. The van der Waals surface area contributed by atoms with E-state index in [2.05, 4.69) is 29.3 Å². The van der Waals surface area contributed by atoms with Crippen molar-refractivity contribution in [3.05, 3.63) is 12.2 Å². The molecule has 1 unspecified atom stereocenters. The van der Waals surface area contributed by atoms with E-state index >= 15 is 0 Å². The summed E-state index contributed by atoms with van der Waals surface area (Å²) in [7, 11) is 0. The molecular weight excluding hydrogens is 146 g/mol. The molecule has 1 aliphatic rings. The van der Waals surface area contributed by atoms with Crippen LogP contribution in [0.1, 0.15) is 32.6 Å². The highest BCUT2D eigenvalue weighted by Crippen LogP contribution is 2.09. The molecule has 0 heterocycles. The van der Waals surface area contributed by atoms with Crippen LogP contribution in [0, 0.1) is 11.8 Å². The van der Waals surface area contributed by atoms with E-state index in [0.717, 1.165) is 13.0 Å². The molecule has 0 aliphatic heterocycles. The van der Waals surface area contributed by atoms with Gasteiger partial charge in [-0.25, -0.2) is 0 Å². The van der Waals surface area contributed by atoms with Crippen molar-refractivity contribution < 1.29 is 0 Å². The van der Waals surface area contributed by atoms with Crippen LogP contribution < -0.4 is 5.32 Å². The van der Waals surface area contributed by atoms with Gasteiger partial charge in [-0.2, -0.15) is 0 Å². The Hall–Kier alpha value is -0.740. The van der Waals surface area contributed by atoms with Crippen LogP contribution >= 0.6 is 0 Å². The van der Waals surface area contributed by atoms with Crippen LogP contribution in [0.3, 0.4) is 0 Å². The molecule has 1 heteroatoms. The average molecular weight is 163 g/mol. The Labute approximate surface area is 75.2 Å². The number of allylic oxidation sites excluding steroid dienone is 1. The summed E-state index contributed by atoms with van der Waals surface area (Å²) >= 11 is 0. The van der Waals surface area contributed by atoms with Crippen molar-refractivity contribution in [2.45, 2.75) is 38.6 Å². The second kappa shape index (κ2) is 5.85. The molecule has 1 aliphatic carbocycles. The zero-order chi connectivity index (χ0) is 8.65. The highest BCUT2D eigenvalue weighted by Gasteiger charge is 2.05. The highest BCUT2D eigenvalue weighted by atomic mass is 14.9. The molecule has 0 saturated heterocycles. The molecule has 0 aromatic rings. The molecule has 0 saturated carbocycles. The van der Waals surface area contributed by atoms with E-state index in [1.807, 2.05) is 6.92 Å². The smallest absolute Gasteiger partial charge is 0.0250 e. The Bertz CT molecular complexity index is 195. The van der Waals surface area contributed by atoms with Gasteiger partial charge in [-0.3, -0.25) is 0 Å². The lowest BCUT2D eigenvalue weighted by Crippen LogP contribution is -2.29. The van der Waals surface area contributed by atoms with Crippen LogP contribution in [-0.2, 0) is 0 Å². The monoisotopic (exact) mass is 163 g/mol. The summed E-state index contributed by atoms with van der Waals surface area (Å²) in [5, 5.41) is 3.47. The van der Waals surface area contributed by atoms with Crippen LogP contribution in [0.5, 0.6) is 0 Å². The fraction of sp³-hybridized carbons (Fsp3) is 0.636. The maximum absolute atomic E-state index is 3.47. The van der Waals surface area contributed by atoms with Gasteiger partial charge < -0.3 is 5.32 Å². The molecular formula is C11H17N. The van der Waals surface area contributed by atoms with Gasteiger partial charge in [0.25, 0.3) is 0 Å². The molecule has 0 bridgehead atoms. The first-order valence-corrected chi connectivity index (χ1v) is 4.73. The minimum absolute atomic E-state index is 0.609. The normalized spacial score (nSPS) is 21.6. The van der Waals surface area contributed by atoms with E-state index in [9.17, 15) is 0 Å². The topological polar surface area (TPSA) is 12.0 Å². The summed E-state index contributed by atoms with van der Waals surface area (Å²) in [5.74, 6) is 5.95. The molecule has 1 N–H and O–H groups in total. The van der Waals surface area contributed by atoms with Crippen molar-refractivity contribution in [3.8, 4) is 11.8 Å². The van der Waals surface area contributed by atoms with Gasteiger partial charge in [0.1, 0.15) is 0 Å². The minimum atomic E-state index is 0.609. The first kappa shape index (κ1) is 9.35. The Kier molecular flexibility index (Phi) is 4.56. The zero-order valence-electron chi connectivity index (χ0n) is 7.77. The van der Waals surface area contributed by atoms with E-state index < -0.39 is 0 Å². The molecule has 12 heavy (non-hydrogen) atoms. The van der Waals surface area contributed by atoms with Crippen molar-refractivity contribution >= 4 is 0 Å².